The van der Waals surface area contributed by atoms with E-state index in [0.29, 0.717) is 13.2 Å². The molecule has 102 valence electrons. The highest BCUT2D eigenvalue weighted by atomic mass is 16.5. The van der Waals surface area contributed by atoms with Gasteiger partial charge in [-0.25, -0.2) is 0 Å². The number of nitrogens with zero attached hydrogens (tertiary/aromatic N) is 2. The summed E-state index contributed by atoms with van der Waals surface area (Å²) in [4.78, 5) is 0. The molecule has 2 rings (SSSR count). The second-order valence-electron chi connectivity index (χ2n) is 4.13. The number of aromatic nitrogens is 2. The molecule has 0 aliphatic carbocycles. The van der Waals surface area contributed by atoms with Gasteiger partial charge in [0.15, 0.2) is 11.5 Å². The number of hydrogen-bond donors (Lipinski definition) is 1. The number of hydrogen-bond acceptors (Lipinski definition) is 4. The van der Waals surface area contributed by atoms with Gasteiger partial charge < -0.3 is 14.8 Å². The van der Waals surface area contributed by atoms with Crippen molar-refractivity contribution < 1.29 is 9.47 Å². The first-order chi connectivity index (χ1) is 9.33. The molecule has 0 spiro atoms. The van der Waals surface area contributed by atoms with Crippen LogP contribution in [0.1, 0.15) is 5.56 Å². The van der Waals surface area contributed by atoms with Crippen LogP contribution in [0, 0.1) is 0 Å². The summed E-state index contributed by atoms with van der Waals surface area (Å²) in [5.74, 6) is 1.52. The lowest BCUT2D eigenvalue weighted by atomic mass is 10.2. The molecular formula is C14H19N3O2. The molecule has 2 aromatic rings. The summed E-state index contributed by atoms with van der Waals surface area (Å²) in [5.41, 5.74) is 1.16. The van der Waals surface area contributed by atoms with Gasteiger partial charge in [0.2, 0.25) is 0 Å². The standard InChI is InChI=1S/C14H19N3O2/c1-15-11-12-4-5-13(18-2)14(10-12)19-9-8-17-7-3-6-16-17/h3-7,10,15H,8-9,11H2,1-2H3. The van der Waals surface area contributed by atoms with Crippen LogP contribution in [0.25, 0.3) is 0 Å². The molecule has 5 nitrogen and oxygen atoms in total. The van der Waals surface area contributed by atoms with E-state index in [1.54, 1.807) is 13.3 Å². The van der Waals surface area contributed by atoms with Crippen molar-refractivity contribution in [3.8, 4) is 11.5 Å². The Morgan fingerprint density at radius 2 is 2.21 bits per heavy atom. The summed E-state index contributed by atoms with van der Waals surface area (Å²) < 4.78 is 12.9. The van der Waals surface area contributed by atoms with Crippen LogP contribution >= 0.6 is 0 Å². The summed E-state index contributed by atoms with van der Waals surface area (Å²) in [5, 5.41) is 7.25. The summed E-state index contributed by atoms with van der Waals surface area (Å²) in [6, 6.07) is 7.85. The Bertz CT molecular complexity index is 497. The number of nitrogens with one attached hydrogen (secondary N) is 1. The van der Waals surface area contributed by atoms with Crippen LogP contribution < -0.4 is 14.8 Å². The molecule has 0 aliphatic rings. The fourth-order valence-corrected chi connectivity index (χ4v) is 1.83. The Kier molecular flexibility index (Phi) is 4.80. The Morgan fingerprint density at radius 1 is 1.32 bits per heavy atom. The first-order valence-corrected chi connectivity index (χ1v) is 6.25. The van der Waals surface area contributed by atoms with E-state index < -0.39 is 0 Å². The van der Waals surface area contributed by atoms with E-state index in [-0.39, 0.29) is 0 Å². The molecule has 1 aromatic carbocycles. The first kappa shape index (κ1) is 13.4. The Hall–Kier alpha value is -2.01. The minimum atomic E-state index is 0.557. The van der Waals surface area contributed by atoms with Crippen molar-refractivity contribution in [2.24, 2.45) is 0 Å². The van der Waals surface area contributed by atoms with Gasteiger partial charge in [0.05, 0.1) is 13.7 Å². The minimum absolute atomic E-state index is 0.557. The van der Waals surface area contributed by atoms with Crippen molar-refractivity contribution in [2.75, 3.05) is 20.8 Å². The average Bonchev–Trinajstić information content (AvgIpc) is 2.93. The second-order valence-corrected chi connectivity index (χ2v) is 4.13. The SMILES string of the molecule is CNCc1ccc(OC)c(OCCn2cccn2)c1. The van der Waals surface area contributed by atoms with Crippen molar-refractivity contribution in [2.45, 2.75) is 13.1 Å². The zero-order valence-electron chi connectivity index (χ0n) is 11.3. The Labute approximate surface area is 113 Å². The summed E-state index contributed by atoms with van der Waals surface area (Å²) >= 11 is 0. The quantitative estimate of drug-likeness (QED) is 0.824. The molecule has 0 unspecified atom stereocenters. The van der Waals surface area contributed by atoms with Gasteiger partial charge in [0.1, 0.15) is 6.61 Å². The van der Waals surface area contributed by atoms with Crippen LogP contribution in [0.2, 0.25) is 0 Å². The highest BCUT2D eigenvalue weighted by Gasteiger charge is 2.05. The van der Waals surface area contributed by atoms with E-state index in [9.17, 15) is 0 Å². The maximum atomic E-state index is 5.77. The van der Waals surface area contributed by atoms with Crippen LogP contribution in [-0.2, 0) is 13.1 Å². The van der Waals surface area contributed by atoms with Crippen molar-refractivity contribution in [3.05, 3.63) is 42.2 Å². The van der Waals surface area contributed by atoms with E-state index in [1.165, 1.54) is 0 Å². The molecule has 0 fully saturated rings. The number of rotatable bonds is 7. The Morgan fingerprint density at radius 3 is 2.89 bits per heavy atom. The smallest absolute Gasteiger partial charge is 0.161 e. The van der Waals surface area contributed by atoms with Gasteiger partial charge in [0, 0.05) is 18.9 Å². The van der Waals surface area contributed by atoms with E-state index in [0.717, 1.165) is 23.6 Å². The van der Waals surface area contributed by atoms with Crippen molar-refractivity contribution >= 4 is 0 Å². The molecule has 19 heavy (non-hydrogen) atoms. The molecular weight excluding hydrogens is 242 g/mol. The molecule has 0 amide bonds. The van der Waals surface area contributed by atoms with Crippen LogP contribution in [0.15, 0.2) is 36.7 Å². The third-order valence-corrected chi connectivity index (χ3v) is 2.75. The lowest BCUT2D eigenvalue weighted by Gasteiger charge is -2.12. The monoisotopic (exact) mass is 261 g/mol. The van der Waals surface area contributed by atoms with Crippen molar-refractivity contribution in [1.82, 2.24) is 15.1 Å². The lowest BCUT2D eigenvalue weighted by Crippen LogP contribution is -2.10. The largest absolute Gasteiger partial charge is 0.493 e. The molecule has 5 heteroatoms. The van der Waals surface area contributed by atoms with Crippen LogP contribution in [0.3, 0.4) is 0 Å². The lowest BCUT2D eigenvalue weighted by molar-refractivity contribution is 0.274. The van der Waals surface area contributed by atoms with Gasteiger partial charge >= 0.3 is 0 Å². The fraction of sp³-hybridized carbons (Fsp3) is 0.357. The number of ether oxygens (including phenoxy) is 2. The van der Waals surface area contributed by atoms with Crippen molar-refractivity contribution in [3.63, 3.8) is 0 Å². The average molecular weight is 261 g/mol. The zero-order valence-corrected chi connectivity index (χ0v) is 11.3. The fourth-order valence-electron chi connectivity index (χ4n) is 1.83. The molecule has 0 bridgehead atoms. The maximum absolute atomic E-state index is 5.77. The molecule has 1 aromatic heterocycles. The highest BCUT2D eigenvalue weighted by molar-refractivity contribution is 5.42. The molecule has 0 atom stereocenters. The topological polar surface area (TPSA) is 48.3 Å². The zero-order chi connectivity index (χ0) is 13.5. The van der Waals surface area contributed by atoms with Crippen LogP contribution in [0.5, 0.6) is 11.5 Å². The van der Waals surface area contributed by atoms with Gasteiger partial charge in [-0.3, -0.25) is 4.68 Å². The third-order valence-electron chi connectivity index (χ3n) is 2.75. The van der Waals surface area contributed by atoms with Gasteiger partial charge in [-0.2, -0.15) is 5.10 Å². The van der Waals surface area contributed by atoms with E-state index >= 15 is 0 Å². The van der Waals surface area contributed by atoms with E-state index in [4.69, 9.17) is 9.47 Å². The number of methoxy groups -OCH3 is 1. The van der Waals surface area contributed by atoms with Gasteiger partial charge in [0.25, 0.3) is 0 Å². The second kappa shape index (κ2) is 6.80. The summed E-state index contributed by atoms with van der Waals surface area (Å²) in [7, 11) is 3.57. The van der Waals surface area contributed by atoms with Crippen molar-refractivity contribution in [1.29, 1.82) is 0 Å². The van der Waals surface area contributed by atoms with Crippen LogP contribution in [0.4, 0.5) is 0 Å². The molecule has 0 saturated carbocycles. The maximum Gasteiger partial charge on any atom is 0.161 e. The van der Waals surface area contributed by atoms with Gasteiger partial charge in [-0.05, 0) is 30.8 Å². The highest BCUT2D eigenvalue weighted by Crippen LogP contribution is 2.28. The molecule has 0 aliphatic heterocycles. The van der Waals surface area contributed by atoms with Gasteiger partial charge in [-0.15, -0.1) is 0 Å². The number of benzene rings is 1. The minimum Gasteiger partial charge on any atom is -0.493 e. The summed E-state index contributed by atoms with van der Waals surface area (Å²) in [6.07, 6.45) is 3.67. The van der Waals surface area contributed by atoms with Crippen LogP contribution in [-0.4, -0.2) is 30.5 Å². The van der Waals surface area contributed by atoms with E-state index in [1.807, 2.05) is 42.2 Å². The third kappa shape index (κ3) is 3.72. The van der Waals surface area contributed by atoms with Gasteiger partial charge in [-0.1, -0.05) is 6.07 Å². The molecule has 0 saturated heterocycles. The summed E-state index contributed by atoms with van der Waals surface area (Å²) in [6.45, 7) is 2.08. The Balaban J connectivity index is 1.98. The predicted molar refractivity (Wildman–Crippen MR) is 73.5 cm³/mol. The molecule has 1 N–H and O–H groups in total. The predicted octanol–water partition coefficient (Wildman–Crippen LogP) is 1.69. The molecule has 1 heterocycles. The molecule has 0 radical (unpaired) electrons. The normalized spacial score (nSPS) is 10.4. The van der Waals surface area contributed by atoms with E-state index in [2.05, 4.69) is 10.4 Å². The first-order valence-electron chi connectivity index (χ1n) is 6.25.